The van der Waals surface area contributed by atoms with Crippen molar-refractivity contribution in [2.75, 3.05) is 6.54 Å². The van der Waals surface area contributed by atoms with Crippen molar-refractivity contribution in [3.05, 3.63) is 71.0 Å². The second kappa shape index (κ2) is 8.54. The lowest BCUT2D eigenvalue weighted by Gasteiger charge is -2.20. The molecular weight excluding hydrogens is 406 g/mol. The maximum Gasteiger partial charge on any atom is 0.283 e. The quantitative estimate of drug-likeness (QED) is 0.432. The molecule has 0 atom stereocenters. The van der Waals surface area contributed by atoms with E-state index in [0.29, 0.717) is 28.8 Å². The normalized spacial score (nSPS) is 11.0. The largest absolute Gasteiger partial charge is 0.459 e. The third-order valence-corrected chi connectivity index (χ3v) is 4.83. The molecule has 3 heterocycles. The smallest absolute Gasteiger partial charge is 0.283 e. The molecule has 8 nitrogen and oxygen atoms in total. The number of halogens is 1. The van der Waals surface area contributed by atoms with Crippen molar-refractivity contribution in [2.45, 2.75) is 26.8 Å². The molecule has 0 saturated carbocycles. The molecule has 1 amide bonds. The zero-order chi connectivity index (χ0) is 21.1. The highest BCUT2D eigenvalue weighted by atomic mass is 35.5. The zero-order valence-electron chi connectivity index (χ0n) is 16.6. The highest BCUT2D eigenvalue weighted by Gasteiger charge is 2.23. The molecule has 4 aromatic rings. The molecular formula is C21H20ClN5O3. The first-order valence-corrected chi connectivity index (χ1v) is 9.90. The van der Waals surface area contributed by atoms with Gasteiger partial charge in [0.05, 0.1) is 35.9 Å². The molecule has 0 aliphatic carbocycles. The first-order chi connectivity index (χ1) is 14.6. The Hall–Kier alpha value is -3.39. The summed E-state index contributed by atoms with van der Waals surface area (Å²) in [5.74, 6) is 0.952. The standard InChI is InChI=1S/C21H20ClN5O3/c1-3-9-26(13-19-24-25-20(30-19)18-8-5-10-29-18)21(28)17-12-23-27(14(17)2)16-7-4-6-15(22)11-16/h4-8,10-12H,3,9,13H2,1-2H3. The molecule has 9 heteroatoms. The number of benzene rings is 1. The third kappa shape index (κ3) is 3.99. The van der Waals surface area contributed by atoms with Crippen LogP contribution in [0.1, 0.15) is 35.3 Å². The Balaban J connectivity index is 1.57. The second-order valence-corrected chi connectivity index (χ2v) is 7.18. The highest BCUT2D eigenvalue weighted by molar-refractivity contribution is 6.30. The molecule has 0 spiro atoms. The topological polar surface area (TPSA) is 90.2 Å². The Bertz CT molecular complexity index is 1150. The van der Waals surface area contributed by atoms with Crippen molar-refractivity contribution in [3.63, 3.8) is 0 Å². The van der Waals surface area contributed by atoms with Gasteiger partial charge in [-0.3, -0.25) is 4.79 Å². The van der Waals surface area contributed by atoms with Gasteiger partial charge in [0, 0.05) is 11.6 Å². The average Bonchev–Trinajstić information content (AvgIpc) is 3.48. The van der Waals surface area contributed by atoms with Crippen molar-refractivity contribution in [2.24, 2.45) is 0 Å². The number of hydrogen-bond acceptors (Lipinski definition) is 6. The van der Waals surface area contributed by atoms with E-state index in [4.69, 9.17) is 20.4 Å². The fraction of sp³-hybridized carbons (Fsp3) is 0.238. The third-order valence-electron chi connectivity index (χ3n) is 4.60. The summed E-state index contributed by atoms with van der Waals surface area (Å²) in [7, 11) is 0. The van der Waals surface area contributed by atoms with Gasteiger partial charge in [-0.2, -0.15) is 5.10 Å². The molecule has 0 aliphatic rings. The van der Waals surface area contributed by atoms with E-state index in [1.165, 1.54) is 6.26 Å². The van der Waals surface area contributed by atoms with Gasteiger partial charge < -0.3 is 13.7 Å². The Morgan fingerprint density at radius 1 is 1.23 bits per heavy atom. The van der Waals surface area contributed by atoms with Gasteiger partial charge in [-0.05, 0) is 43.7 Å². The van der Waals surface area contributed by atoms with E-state index in [-0.39, 0.29) is 18.3 Å². The van der Waals surface area contributed by atoms with Crippen LogP contribution in [-0.4, -0.2) is 37.3 Å². The monoisotopic (exact) mass is 425 g/mol. The van der Waals surface area contributed by atoms with Gasteiger partial charge >= 0.3 is 0 Å². The molecule has 4 rings (SSSR count). The summed E-state index contributed by atoms with van der Waals surface area (Å²) in [6.45, 7) is 4.60. The molecule has 0 saturated heterocycles. The van der Waals surface area contributed by atoms with Crippen molar-refractivity contribution in [1.82, 2.24) is 24.9 Å². The number of nitrogens with zero attached hydrogens (tertiary/aromatic N) is 5. The molecule has 0 fully saturated rings. The van der Waals surface area contributed by atoms with Gasteiger partial charge in [-0.15, -0.1) is 10.2 Å². The summed E-state index contributed by atoms with van der Waals surface area (Å²) >= 11 is 6.09. The summed E-state index contributed by atoms with van der Waals surface area (Å²) in [6, 6.07) is 10.8. The van der Waals surface area contributed by atoms with Crippen molar-refractivity contribution >= 4 is 17.5 Å². The van der Waals surface area contributed by atoms with Gasteiger partial charge in [0.1, 0.15) is 0 Å². The minimum Gasteiger partial charge on any atom is -0.459 e. The number of hydrogen-bond donors (Lipinski definition) is 0. The summed E-state index contributed by atoms with van der Waals surface area (Å²) in [5, 5.41) is 13.0. The minimum atomic E-state index is -0.152. The van der Waals surface area contributed by atoms with Crippen molar-refractivity contribution < 1.29 is 13.6 Å². The van der Waals surface area contributed by atoms with Gasteiger partial charge in [-0.25, -0.2) is 4.68 Å². The number of amides is 1. The highest BCUT2D eigenvalue weighted by Crippen LogP contribution is 2.21. The Kier molecular flexibility index (Phi) is 5.67. The maximum atomic E-state index is 13.2. The fourth-order valence-electron chi connectivity index (χ4n) is 3.16. The molecule has 0 bridgehead atoms. The van der Waals surface area contributed by atoms with Crippen LogP contribution >= 0.6 is 11.6 Å². The molecule has 0 radical (unpaired) electrons. The number of carbonyl (C=O) groups is 1. The van der Waals surface area contributed by atoms with Crippen LogP contribution < -0.4 is 0 Å². The fourth-order valence-corrected chi connectivity index (χ4v) is 3.35. The van der Waals surface area contributed by atoms with Crippen LogP contribution in [0.25, 0.3) is 17.3 Å². The van der Waals surface area contributed by atoms with E-state index < -0.39 is 0 Å². The first kappa shape index (κ1) is 19.9. The lowest BCUT2D eigenvalue weighted by atomic mass is 10.2. The maximum absolute atomic E-state index is 13.2. The number of carbonyl (C=O) groups excluding carboxylic acids is 1. The molecule has 154 valence electrons. The predicted molar refractivity (Wildman–Crippen MR) is 110 cm³/mol. The van der Waals surface area contributed by atoms with E-state index in [9.17, 15) is 4.79 Å². The van der Waals surface area contributed by atoms with E-state index in [2.05, 4.69) is 15.3 Å². The number of aromatic nitrogens is 4. The van der Waals surface area contributed by atoms with Crippen molar-refractivity contribution in [3.8, 4) is 17.3 Å². The van der Waals surface area contributed by atoms with Crippen LogP contribution in [0.2, 0.25) is 5.02 Å². The van der Waals surface area contributed by atoms with Crippen LogP contribution in [0.15, 0.2) is 57.7 Å². The zero-order valence-corrected chi connectivity index (χ0v) is 17.3. The Morgan fingerprint density at radius 2 is 2.10 bits per heavy atom. The molecule has 0 N–H and O–H groups in total. The number of rotatable bonds is 7. The molecule has 0 unspecified atom stereocenters. The van der Waals surface area contributed by atoms with E-state index >= 15 is 0 Å². The molecule has 3 aromatic heterocycles. The minimum absolute atomic E-state index is 0.152. The molecule has 30 heavy (non-hydrogen) atoms. The van der Waals surface area contributed by atoms with Gasteiger partial charge in [0.2, 0.25) is 5.89 Å². The van der Waals surface area contributed by atoms with Crippen molar-refractivity contribution in [1.29, 1.82) is 0 Å². The lowest BCUT2D eigenvalue weighted by Crippen LogP contribution is -2.31. The summed E-state index contributed by atoms with van der Waals surface area (Å²) in [6.07, 6.45) is 3.89. The summed E-state index contributed by atoms with van der Waals surface area (Å²) < 4.78 is 12.6. The number of furan rings is 1. The Labute approximate surface area is 178 Å². The Morgan fingerprint density at radius 3 is 2.83 bits per heavy atom. The SMILES string of the molecule is CCCN(Cc1nnc(-c2ccco2)o1)C(=O)c1cnn(-c2cccc(Cl)c2)c1C. The van der Waals surface area contributed by atoms with E-state index in [0.717, 1.165) is 17.8 Å². The van der Waals surface area contributed by atoms with Crippen LogP contribution in [0.3, 0.4) is 0 Å². The van der Waals surface area contributed by atoms with Crippen LogP contribution in [0.5, 0.6) is 0 Å². The van der Waals surface area contributed by atoms with Crippen LogP contribution in [0.4, 0.5) is 0 Å². The van der Waals surface area contributed by atoms with E-state index in [1.807, 2.05) is 26.0 Å². The average molecular weight is 426 g/mol. The molecule has 0 aliphatic heterocycles. The van der Waals surface area contributed by atoms with Crippen LogP contribution in [0, 0.1) is 6.92 Å². The first-order valence-electron chi connectivity index (χ1n) is 9.53. The lowest BCUT2D eigenvalue weighted by molar-refractivity contribution is 0.0728. The summed E-state index contributed by atoms with van der Waals surface area (Å²) in [5.41, 5.74) is 2.03. The molecule has 1 aromatic carbocycles. The van der Waals surface area contributed by atoms with Gasteiger partial charge in [0.25, 0.3) is 11.8 Å². The second-order valence-electron chi connectivity index (χ2n) is 6.74. The predicted octanol–water partition coefficient (Wildman–Crippen LogP) is 4.53. The van der Waals surface area contributed by atoms with E-state index in [1.54, 1.807) is 40.0 Å². The summed E-state index contributed by atoms with van der Waals surface area (Å²) in [4.78, 5) is 14.9. The van der Waals surface area contributed by atoms with Gasteiger partial charge in [0.15, 0.2) is 5.76 Å². The van der Waals surface area contributed by atoms with Gasteiger partial charge in [-0.1, -0.05) is 24.6 Å². The van der Waals surface area contributed by atoms with Crippen LogP contribution in [-0.2, 0) is 6.54 Å².